The maximum Gasteiger partial charge on any atom is 0.260 e. The maximum atomic E-state index is 12.3. The summed E-state index contributed by atoms with van der Waals surface area (Å²) < 4.78 is 36.5. The highest BCUT2D eigenvalue weighted by Crippen LogP contribution is 2.27. The molecule has 1 heterocycles. The van der Waals surface area contributed by atoms with Gasteiger partial charge in [0.05, 0.1) is 31.0 Å². The lowest BCUT2D eigenvalue weighted by molar-refractivity contribution is -0.123. The van der Waals surface area contributed by atoms with E-state index in [0.29, 0.717) is 27.2 Å². The van der Waals surface area contributed by atoms with Gasteiger partial charge in [-0.2, -0.15) is 5.10 Å². The molecule has 2 amide bonds. The van der Waals surface area contributed by atoms with E-state index < -0.39 is 22.5 Å². The molecule has 10 nitrogen and oxygen atoms in total. The van der Waals surface area contributed by atoms with E-state index in [1.165, 1.54) is 12.5 Å². The van der Waals surface area contributed by atoms with Crippen molar-refractivity contribution in [1.82, 2.24) is 10.7 Å². The van der Waals surface area contributed by atoms with Crippen molar-refractivity contribution in [2.24, 2.45) is 5.10 Å². The molecule has 0 unspecified atom stereocenters. The van der Waals surface area contributed by atoms with E-state index in [4.69, 9.17) is 9.15 Å². The highest BCUT2D eigenvalue weighted by atomic mass is 79.9. The smallest absolute Gasteiger partial charge is 0.260 e. The van der Waals surface area contributed by atoms with Crippen molar-refractivity contribution in [3.63, 3.8) is 0 Å². The van der Waals surface area contributed by atoms with Crippen LogP contribution in [0.1, 0.15) is 11.3 Å². The Bertz CT molecular complexity index is 1280. The monoisotopic (exact) mass is 562 g/mol. The quantitative estimate of drug-likeness (QED) is 0.273. The van der Waals surface area contributed by atoms with Gasteiger partial charge in [-0.15, -0.1) is 0 Å². The van der Waals surface area contributed by atoms with Gasteiger partial charge in [0.1, 0.15) is 18.1 Å². The Kier molecular flexibility index (Phi) is 9.04. The molecule has 0 bridgehead atoms. The number of para-hydroxylation sites is 1. The minimum Gasteiger partial charge on any atom is -0.484 e. The van der Waals surface area contributed by atoms with Crippen LogP contribution in [-0.2, 0) is 26.2 Å². The highest BCUT2D eigenvalue weighted by Gasteiger charge is 2.22. The van der Waals surface area contributed by atoms with Crippen molar-refractivity contribution in [1.29, 1.82) is 0 Å². The number of hydrogen-bond donors (Lipinski definition) is 2. The number of carbonyl (C=O) groups excluding carboxylic acids is 2. The number of rotatable bonds is 11. The molecule has 0 aliphatic carbocycles. The molecule has 0 aliphatic heterocycles. The summed E-state index contributed by atoms with van der Waals surface area (Å²) in [5, 5.41) is 6.55. The molecule has 0 saturated heterocycles. The van der Waals surface area contributed by atoms with E-state index in [-0.39, 0.29) is 19.1 Å². The van der Waals surface area contributed by atoms with Crippen molar-refractivity contribution in [3.8, 4) is 5.75 Å². The summed E-state index contributed by atoms with van der Waals surface area (Å²) in [4.78, 5) is 24.1. The topological polar surface area (TPSA) is 130 Å². The molecule has 0 spiro atoms. The first-order valence-corrected chi connectivity index (χ1v) is 12.9. The average molecular weight is 563 g/mol. The van der Waals surface area contributed by atoms with E-state index >= 15 is 0 Å². The lowest BCUT2D eigenvalue weighted by Crippen LogP contribution is -2.39. The van der Waals surface area contributed by atoms with Gasteiger partial charge in [0.25, 0.3) is 11.8 Å². The van der Waals surface area contributed by atoms with Crippen LogP contribution in [0.4, 0.5) is 5.69 Å². The van der Waals surface area contributed by atoms with Crippen molar-refractivity contribution in [3.05, 3.63) is 82.7 Å². The van der Waals surface area contributed by atoms with Crippen molar-refractivity contribution < 1.29 is 27.2 Å². The van der Waals surface area contributed by atoms with Gasteiger partial charge in [0.15, 0.2) is 6.61 Å². The summed E-state index contributed by atoms with van der Waals surface area (Å²) in [5.41, 5.74) is 3.33. The largest absolute Gasteiger partial charge is 0.484 e. The molecule has 184 valence electrons. The molecular formula is C23H23BrN4O6S. The molecule has 0 saturated carbocycles. The van der Waals surface area contributed by atoms with E-state index in [0.717, 1.165) is 10.6 Å². The number of anilines is 1. The molecular weight excluding hydrogens is 540 g/mol. The Morgan fingerprint density at radius 2 is 1.83 bits per heavy atom. The summed E-state index contributed by atoms with van der Waals surface area (Å²) in [6.45, 7) is -0.312. The molecule has 35 heavy (non-hydrogen) atoms. The minimum absolute atomic E-state index is 0.154. The number of amides is 2. The van der Waals surface area contributed by atoms with E-state index in [9.17, 15) is 18.0 Å². The van der Waals surface area contributed by atoms with Gasteiger partial charge >= 0.3 is 0 Å². The first kappa shape index (κ1) is 26.0. The lowest BCUT2D eigenvalue weighted by atomic mass is 10.2. The number of hydrazone groups is 1. The molecule has 0 fully saturated rings. The van der Waals surface area contributed by atoms with E-state index in [2.05, 4.69) is 31.8 Å². The van der Waals surface area contributed by atoms with Crippen LogP contribution in [-0.4, -0.2) is 45.9 Å². The number of halogens is 1. The summed E-state index contributed by atoms with van der Waals surface area (Å²) in [6, 6.07) is 16.9. The third-order valence-corrected chi connectivity index (χ3v) is 6.30. The number of sulfonamides is 1. The Hall–Kier alpha value is -3.64. The van der Waals surface area contributed by atoms with Crippen LogP contribution in [0.15, 0.2) is 80.9 Å². The third kappa shape index (κ3) is 8.26. The molecule has 3 rings (SSSR count). The van der Waals surface area contributed by atoms with Crippen LogP contribution < -0.4 is 19.8 Å². The zero-order valence-corrected chi connectivity index (χ0v) is 21.1. The zero-order valence-electron chi connectivity index (χ0n) is 18.7. The van der Waals surface area contributed by atoms with Gasteiger partial charge in [-0.25, -0.2) is 13.8 Å². The molecule has 1 aromatic heterocycles. The summed E-state index contributed by atoms with van der Waals surface area (Å²) >= 11 is 3.30. The second-order valence-electron chi connectivity index (χ2n) is 7.23. The van der Waals surface area contributed by atoms with Gasteiger partial charge < -0.3 is 14.5 Å². The second-order valence-corrected chi connectivity index (χ2v) is 9.99. The number of hydrogen-bond acceptors (Lipinski definition) is 7. The second kappa shape index (κ2) is 12.2. The Balaban J connectivity index is 1.47. The number of carbonyl (C=O) groups is 2. The zero-order chi connectivity index (χ0) is 25.3. The van der Waals surface area contributed by atoms with Crippen LogP contribution in [0.3, 0.4) is 0 Å². The van der Waals surface area contributed by atoms with Crippen molar-refractivity contribution in [2.45, 2.75) is 6.54 Å². The van der Waals surface area contributed by atoms with Crippen LogP contribution in [0.5, 0.6) is 5.75 Å². The van der Waals surface area contributed by atoms with Crippen LogP contribution in [0, 0.1) is 0 Å². The van der Waals surface area contributed by atoms with Gasteiger partial charge in [0, 0.05) is 4.47 Å². The number of nitrogens with one attached hydrogen (secondary N) is 2. The predicted molar refractivity (Wildman–Crippen MR) is 135 cm³/mol. The number of nitrogens with zero attached hydrogens (tertiary/aromatic N) is 2. The fourth-order valence-corrected chi connectivity index (χ4v) is 4.31. The normalized spacial score (nSPS) is 11.3. The first-order chi connectivity index (χ1) is 16.7. The van der Waals surface area contributed by atoms with Crippen molar-refractivity contribution >= 4 is 49.7 Å². The van der Waals surface area contributed by atoms with Gasteiger partial charge in [0.2, 0.25) is 10.0 Å². The Morgan fingerprint density at radius 3 is 2.49 bits per heavy atom. The SMILES string of the molecule is CS(=O)(=O)N(CC(=O)N/N=C\c1ccc(OCC(=O)NCc2ccco2)cc1)c1ccccc1Br. The summed E-state index contributed by atoms with van der Waals surface area (Å²) in [6.07, 6.45) is 3.96. The van der Waals surface area contributed by atoms with E-state index in [1.807, 2.05) is 0 Å². The first-order valence-electron chi connectivity index (χ1n) is 10.3. The van der Waals surface area contributed by atoms with Crippen LogP contribution in [0.2, 0.25) is 0 Å². The summed E-state index contributed by atoms with van der Waals surface area (Å²) in [7, 11) is -3.70. The molecule has 2 aromatic carbocycles. The van der Waals surface area contributed by atoms with Crippen LogP contribution >= 0.6 is 15.9 Å². The molecule has 12 heteroatoms. The van der Waals surface area contributed by atoms with Gasteiger partial charge in [-0.3, -0.25) is 13.9 Å². The molecule has 3 aromatic rings. The molecule has 0 aliphatic rings. The van der Waals surface area contributed by atoms with Gasteiger partial charge in [-0.05, 0) is 70.0 Å². The molecule has 2 N–H and O–H groups in total. The van der Waals surface area contributed by atoms with Crippen LogP contribution in [0.25, 0.3) is 0 Å². The van der Waals surface area contributed by atoms with Gasteiger partial charge in [-0.1, -0.05) is 12.1 Å². The highest BCUT2D eigenvalue weighted by molar-refractivity contribution is 9.10. The third-order valence-electron chi connectivity index (χ3n) is 4.50. The number of benzene rings is 2. The molecule has 0 radical (unpaired) electrons. The predicted octanol–water partition coefficient (Wildman–Crippen LogP) is 2.65. The molecule has 0 atom stereocenters. The fraction of sp³-hybridized carbons (Fsp3) is 0.174. The number of ether oxygens (including phenoxy) is 1. The number of furan rings is 1. The Labute approximate surface area is 211 Å². The standard InChI is InChI=1S/C23H23BrN4O6S/c1-35(31,32)28(21-7-3-2-6-20(21)24)15-22(29)27-26-13-17-8-10-18(11-9-17)34-16-23(30)25-14-19-5-4-12-33-19/h2-13H,14-16H2,1H3,(H,25,30)(H,27,29)/b26-13-. The van der Waals surface area contributed by atoms with E-state index in [1.54, 1.807) is 60.7 Å². The average Bonchev–Trinajstić information content (AvgIpc) is 3.34. The Morgan fingerprint density at radius 1 is 1.09 bits per heavy atom. The maximum absolute atomic E-state index is 12.3. The lowest BCUT2D eigenvalue weighted by Gasteiger charge is -2.22. The summed E-state index contributed by atoms with van der Waals surface area (Å²) in [5.74, 6) is 0.228. The minimum atomic E-state index is -3.70. The fourth-order valence-electron chi connectivity index (χ4n) is 2.83. The van der Waals surface area contributed by atoms with Crippen molar-refractivity contribution in [2.75, 3.05) is 23.7 Å².